The lowest BCUT2D eigenvalue weighted by Gasteiger charge is -2.60. The summed E-state index contributed by atoms with van der Waals surface area (Å²) in [5.74, 6) is 0. The summed E-state index contributed by atoms with van der Waals surface area (Å²) in [6.45, 7) is 0.701. The van der Waals surface area contributed by atoms with Crippen LogP contribution in [0, 0.1) is 0 Å². The summed E-state index contributed by atoms with van der Waals surface area (Å²) in [5.41, 5.74) is 10.7. The van der Waals surface area contributed by atoms with E-state index in [9.17, 15) is 0 Å². The third kappa shape index (κ3) is 4.44. The fourth-order valence-corrected chi connectivity index (χ4v) is 9.79. The van der Waals surface area contributed by atoms with Crippen LogP contribution in [0.15, 0.2) is 158 Å². The summed E-state index contributed by atoms with van der Waals surface area (Å²) >= 11 is 0. The van der Waals surface area contributed by atoms with Crippen LogP contribution in [0.25, 0.3) is 43.9 Å². The number of rotatable bonds is 5. The van der Waals surface area contributed by atoms with E-state index in [2.05, 4.69) is 117 Å². The maximum absolute atomic E-state index is 5.63. The van der Waals surface area contributed by atoms with Gasteiger partial charge in [0, 0.05) is 29.2 Å². The minimum absolute atomic E-state index is 0.301. The number of nitrogens with zero attached hydrogens (tertiary/aromatic N) is 7. The molecule has 5 aromatic carbocycles. The molecule has 0 amide bonds. The SMILES string of the molecule is c1ccc2c(c1)CNC2N1c2ccccc2CC(c2cc3ccccc3nn2)(c2cnc3ccccc3n2)C1(c1cc2ncccc2[nH]1)c1[nH]nc2ccccc12. The minimum Gasteiger partial charge on any atom is -0.355 e. The first-order chi connectivity index (χ1) is 28.2. The number of H-pyrrole nitrogens is 2. The summed E-state index contributed by atoms with van der Waals surface area (Å²) in [5, 5.41) is 24.9. The summed E-state index contributed by atoms with van der Waals surface area (Å²) in [4.78, 5) is 22.2. The van der Waals surface area contributed by atoms with Crippen LogP contribution in [-0.2, 0) is 23.9 Å². The van der Waals surface area contributed by atoms with E-state index in [4.69, 9.17) is 30.2 Å². The molecule has 0 saturated carbocycles. The monoisotopic (exact) mass is 738 g/mol. The molecule has 0 aliphatic carbocycles. The lowest BCUT2D eigenvalue weighted by atomic mass is 9.55. The Morgan fingerprint density at radius 1 is 0.632 bits per heavy atom. The Balaban J connectivity index is 1.34. The van der Waals surface area contributed by atoms with Crippen LogP contribution in [0.3, 0.4) is 0 Å². The molecule has 10 nitrogen and oxygen atoms in total. The number of hydrogen-bond acceptors (Lipinski definition) is 8. The predicted octanol–water partition coefficient (Wildman–Crippen LogP) is 8.42. The van der Waals surface area contributed by atoms with Crippen molar-refractivity contribution in [1.29, 1.82) is 0 Å². The molecule has 10 heteroatoms. The van der Waals surface area contributed by atoms with Crippen molar-refractivity contribution < 1.29 is 0 Å². The van der Waals surface area contributed by atoms with Gasteiger partial charge in [-0.05, 0) is 77.7 Å². The zero-order chi connectivity index (χ0) is 37.6. The molecule has 10 aromatic rings. The van der Waals surface area contributed by atoms with E-state index in [-0.39, 0.29) is 6.17 Å². The normalized spacial score (nSPS) is 20.4. The molecule has 0 radical (unpaired) electrons. The van der Waals surface area contributed by atoms with Gasteiger partial charge < -0.3 is 9.88 Å². The highest BCUT2D eigenvalue weighted by Gasteiger charge is 2.67. The molecule has 0 saturated heterocycles. The van der Waals surface area contributed by atoms with Gasteiger partial charge in [0.25, 0.3) is 0 Å². The van der Waals surface area contributed by atoms with Gasteiger partial charge in [0.1, 0.15) is 11.7 Å². The number of aromatic nitrogens is 8. The van der Waals surface area contributed by atoms with Crippen molar-refractivity contribution in [3.63, 3.8) is 0 Å². The second-order valence-electron chi connectivity index (χ2n) is 15.0. The molecule has 3 unspecified atom stereocenters. The lowest BCUT2D eigenvalue weighted by molar-refractivity contribution is 0.224. The van der Waals surface area contributed by atoms with Gasteiger partial charge >= 0.3 is 0 Å². The summed E-state index contributed by atoms with van der Waals surface area (Å²) in [7, 11) is 0. The molecule has 0 spiro atoms. The quantitative estimate of drug-likeness (QED) is 0.161. The molecule has 2 aliphatic rings. The maximum Gasteiger partial charge on any atom is 0.141 e. The van der Waals surface area contributed by atoms with Gasteiger partial charge in [0.15, 0.2) is 0 Å². The van der Waals surface area contributed by atoms with Gasteiger partial charge in [-0.15, -0.1) is 0 Å². The van der Waals surface area contributed by atoms with E-state index in [1.807, 2.05) is 60.9 Å². The van der Waals surface area contributed by atoms with Crippen LogP contribution >= 0.6 is 0 Å². The molecule has 7 heterocycles. The van der Waals surface area contributed by atoms with Gasteiger partial charge in [0.05, 0.1) is 67.5 Å². The molecule has 0 fully saturated rings. The first-order valence-electron chi connectivity index (χ1n) is 19.2. The van der Waals surface area contributed by atoms with Gasteiger partial charge in [-0.1, -0.05) is 91.0 Å². The molecule has 5 aromatic heterocycles. The van der Waals surface area contributed by atoms with Crippen molar-refractivity contribution in [3.8, 4) is 0 Å². The number of nitrogens with one attached hydrogen (secondary N) is 3. The highest BCUT2D eigenvalue weighted by Crippen LogP contribution is 2.63. The van der Waals surface area contributed by atoms with Crippen LogP contribution in [0.2, 0.25) is 0 Å². The Morgan fingerprint density at radius 2 is 1.40 bits per heavy atom. The van der Waals surface area contributed by atoms with E-state index >= 15 is 0 Å². The molecule has 272 valence electrons. The van der Waals surface area contributed by atoms with Crippen LogP contribution < -0.4 is 10.2 Å². The first kappa shape index (κ1) is 32.0. The fourth-order valence-electron chi connectivity index (χ4n) is 9.79. The predicted molar refractivity (Wildman–Crippen MR) is 221 cm³/mol. The smallest absolute Gasteiger partial charge is 0.141 e. The molecule has 12 rings (SSSR count). The number of benzene rings is 5. The number of hydrogen-bond donors (Lipinski definition) is 3. The van der Waals surface area contributed by atoms with E-state index in [0.717, 1.165) is 77.9 Å². The largest absolute Gasteiger partial charge is 0.355 e. The Hall–Kier alpha value is -7.30. The molecular weight excluding hydrogens is 705 g/mol. The van der Waals surface area contributed by atoms with Crippen molar-refractivity contribution in [2.45, 2.75) is 30.1 Å². The van der Waals surface area contributed by atoms with Crippen LogP contribution in [0.1, 0.15) is 45.6 Å². The Labute approximate surface area is 326 Å². The molecular formula is C47H34N10. The maximum atomic E-state index is 5.63. The molecule has 3 N–H and O–H groups in total. The molecule has 57 heavy (non-hydrogen) atoms. The average molecular weight is 739 g/mol. The van der Waals surface area contributed by atoms with Crippen LogP contribution in [-0.4, -0.2) is 40.3 Å². The molecule has 2 aliphatic heterocycles. The highest BCUT2D eigenvalue weighted by molar-refractivity contribution is 5.88. The summed E-state index contributed by atoms with van der Waals surface area (Å²) in [6.07, 6.45) is 4.00. The minimum atomic E-state index is -1.19. The zero-order valence-corrected chi connectivity index (χ0v) is 30.6. The first-order valence-corrected chi connectivity index (χ1v) is 19.2. The molecule has 3 atom stereocenters. The standard InChI is InChI=1S/C47H34N10/c1-4-15-32-31(14-1)27-50-45(32)57-40-22-10-3-13-30(40)26-46(41-24-29-12-2-6-17-34(29)53-55-41,43-28-49-36-19-8-9-20-37(36)52-43)47(57,42-25-39-38(51-42)21-11-23-48-39)44-33-16-5-7-18-35(33)54-56-44/h1-25,28,45,50-51H,26-27H2,(H,54,56). The Bertz CT molecular complexity index is 3070. The topological polar surface area (TPSA) is 124 Å². The number of pyridine rings is 1. The van der Waals surface area contributed by atoms with Crippen molar-refractivity contribution >= 4 is 49.6 Å². The highest BCUT2D eigenvalue weighted by atomic mass is 15.4. The van der Waals surface area contributed by atoms with E-state index in [1.54, 1.807) is 0 Å². The van der Waals surface area contributed by atoms with Crippen molar-refractivity contribution in [2.24, 2.45) is 0 Å². The fraction of sp³-hybridized carbons (Fsp3) is 0.106. The van der Waals surface area contributed by atoms with Gasteiger partial charge in [-0.3, -0.25) is 20.4 Å². The second-order valence-corrected chi connectivity index (χ2v) is 15.0. The number of fused-ring (bicyclic) bond motifs is 6. The van der Waals surface area contributed by atoms with Gasteiger partial charge in [-0.2, -0.15) is 15.3 Å². The summed E-state index contributed by atoms with van der Waals surface area (Å²) < 4.78 is 0. The van der Waals surface area contributed by atoms with E-state index in [0.29, 0.717) is 13.0 Å². The van der Waals surface area contributed by atoms with Crippen molar-refractivity contribution in [1.82, 2.24) is 45.6 Å². The second kappa shape index (κ2) is 12.1. The Morgan fingerprint density at radius 3 is 2.32 bits per heavy atom. The van der Waals surface area contributed by atoms with E-state index < -0.39 is 11.0 Å². The third-order valence-electron chi connectivity index (χ3n) is 12.2. The van der Waals surface area contributed by atoms with Crippen LogP contribution in [0.5, 0.6) is 0 Å². The van der Waals surface area contributed by atoms with Crippen molar-refractivity contribution in [2.75, 3.05) is 4.90 Å². The van der Waals surface area contributed by atoms with Crippen molar-refractivity contribution in [3.05, 3.63) is 197 Å². The lowest BCUT2D eigenvalue weighted by Crippen LogP contribution is -2.67. The molecule has 0 bridgehead atoms. The average Bonchev–Trinajstić information content (AvgIpc) is 4.03. The number of para-hydroxylation sites is 4. The van der Waals surface area contributed by atoms with E-state index in [1.165, 1.54) is 11.1 Å². The van der Waals surface area contributed by atoms with Gasteiger partial charge in [0.2, 0.25) is 0 Å². The zero-order valence-electron chi connectivity index (χ0n) is 30.6. The Kier molecular flexibility index (Phi) is 6.79. The van der Waals surface area contributed by atoms with Crippen LogP contribution in [0.4, 0.5) is 5.69 Å². The number of aromatic amines is 2. The van der Waals surface area contributed by atoms with Gasteiger partial charge in [-0.25, -0.2) is 4.98 Å². The number of anilines is 1. The summed E-state index contributed by atoms with van der Waals surface area (Å²) in [6, 6.07) is 50.5. The third-order valence-corrected chi connectivity index (χ3v) is 12.2.